The molecule has 0 bridgehead atoms. The molecule has 3 aromatic rings. The maximum absolute atomic E-state index is 11.6. The van der Waals surface area contributed by atoms with Crippen molar-refractivity contribution in [2.75, 3.05) is 23.8 Å². The molecule has 0 radical (unpaired) electrons. The van der Waals surface area contributed by atoms with Crippen LogP contribution in [0.1, 0.15) is 22.1 Å². The number of hydroxylamine groups is 1. The number of carbonyl (C=O) groups excluding carboxylic acids is 1. The van der Waals surface area contributed by atoms with Gasteiger partial charge in [0.25, 0.3) is 5.91 Å². The highest BCUT2D eigenvalue weighted by atomic mass is 16.5. The van der Waals surface area contributed by atoms with Crippen molar-refractivity contribution in [2.24, 2.45) is 0 Å². The molecule has 0 fully saturated rings. The van der Waals surface area contributed by atoms with Crippen LogP contribution >= 0.6 is 0 Å². The lowest BCUT2D eigenvalue weighted by Crippen LogP contribution is -2.18. The predicted molar refractivity (Wildman–Crippen MR) is 110 cm³/mol. The number of para-hydroxylation sites is 1. The van der Waals surface area contributed by atoms with Crippen LogP contribution in [0.25, 0.3) is 0 Å². The highest BCUT2D eigenvalue weighted by Gasteiger charge is 2.22. The zero-order valence-corrected chi connectivity index (χ0v) is 15.6. The summed E-state index contributed by atoms with van der Waals surface area (Å²) in [6, 6.07) is 22.6. The van der Waals surface area contributed by atoms with Crippen molar-refractivity contribution >= 4 is 17.3 Å². The topological polar surface area (TPSA) is 91.9 Å². The molecular weight excluding hydrogens is 370 g/mol. The van der Waals surface area contributed by atoms with E-state index in [1.165, 1.54) is 0 Å². The second-order valence-corrected chi connectivity index (χ2v) is 6.50. The Labute approximate surface area is 168 Å². The number of hydrogen-bond donors (Lipinski definition) is 4. The number of fused-ring (bicyclic) bond motifs is 1. The zero-order valence-electron chi connectivity index (χ0n) is 15.6. The lowest BCUT2D eigenvalue weighted by atomic mass is 10.1. The molecular formula is C22H21N3O4. The molecule has 0 spiro atoms. The second kappa shape index (κ2) is 8.53. The van der Waals surface area contributed by atoms with Crippen LogP contribution in [0, 0.1) is 0 Å². The summed E-state index contributed by atoms with van der Waals surface area (Å²) in [5.41, 5.74) is 4.74. The number of rotatable bonds is 7. The molecule has 1 unspecified atom stereocenters. The predicted octanol–water partition coefficient (Wildman–Crippen LogP) is 3.80. The minimum Gasteiger partial charge on any atom is -0.490 e. The van der Waals surface area contributed by atoms with Gasteiger partial charge in [-0.2, -0.15) is 0 Å². The molecule has 29 heavy (non-hydrogen) atoms. The first-order valence-corrected chi connectivity index (χ1v) is 9.25. The number of hydrogen-bond acceptors (Lipinski definition) is 6. The normalized spacial score (nSPS) is 14.3. The van der Waals surface area contributed by atoms with Gasteiger partial charge in [-0.1, -0.05) is 30.3 Å². The van der Waals surface area contributed by atoms with Gasteiger partial charge in [-0.05, 0) is 48.0 Å². The maximum Gasteiger partial charge on any atom is 0.274 e. The van der Waals surface area contributed by atoms with E-state index in [0.29, 0.717) is 18.8 Å². The quantitative estimate of drug-likeness (QED) is 0.278. The Morgan fingerprint density at radius 2 is 1.52 bits per heavy atom. The van der Waals surface area contributed by atoms with Crippen LogP contribution in [0.5, 0.6) is 11.5 Å². The summed E-state index contributed by atoms with van der Waals surface area (Å²) in [4.78, 5) is 11.6. The molecule has 4 rings (SSSR count). The second-order valence-electron chi connectivity index (χ2n) is 6.50. The number of anilines is 2. The molecule has 7 heteroatoms. The van der Waals surface area contributed by atoms with E-state index < -0.39 is 5.91 Å². The van der Waals surface area contributed by atoms with Gasteiger partial charge in [-0.25, -0.2) is 5.48 Å². The first kappa shape index (κ1) is 18.6. The van der Waals surface area contributed by atoms with Crippen molar-refractivity contribution in [1.82, 2.24) is 5.48 Å². The Morgan fingerprint density at radius 3 is 2.21 bits per heavy atom. The SMILES string of the molecule is O=C(NO)c1ccc2c(c1)NC(c1ccc(OCCOc3ccccc3)cc1)N2. The van der Waals surface area contributed by atoms with Crippen LogP contribution in [0.4, 0.5) is 11.4 Å². The van der Waals surface area contributed by atoms with Crippen molar-refractivity contribution < 1.29 is 19.5 Å². The van der Waals surface area contributed by atoms with E-state index in [0.717, 1.165) is 28.4 Å². The molecule has 0 aromatic heterocycles. The van der Waals surface area contributed by atoms with Crippen molar-refractivity contribution in [2.45, 2.75) is 6.17 Å². The molecule has 1 atom stereocenters. The molecule has 1 aliphatic heterocycles. The molecule has 0 saturated heterocycles. The standard InChI is InChI=1S/C22H21N3O4/c26-22(25-27)16-8-11-19-20(14-16)24-21(23-19)15-6-9-18(10-7-15)29-13-12-28-17-4-2-1-3-5-17/h1-11,14,21,23-24,27H,12-13H2,(H,25,26). The largest absolute Gasteiger partial charge is 0.490 e. The van der Waals surface area contributed by atoms with Crippen LogP contribution in [0.3, 0.4) is 0 Å². The molecule has 0 saturated carbocycles. The summed E-state index contributed by atoms with van der Waals surface area (Å²) < 4.78 is 11.3. The van der Waals surface area contributed by atoms with E-state index in [1.807, 2.05) is 54.6 Å². The van der Waals surface area contributed by atoms with E-state index in [4.69, 9.17) is 14.7 Å². The van der Waals surface area contributed by atoms with Gasteiger partial charge in [0.05, 0.1) is 11.4 Å². The Kier molecular flexibility index (Phi) is 5.49. The summed E-state index contributed by atoms with van der Waals surface area (Å²) in [5.74, 6) is 1.04. The fraction of sp³-hybridized carbons (Fsp3) is 0.136. The number of amides is 1. The third kappa shape index (κ3) is 4.41. The highest BCUT2D eigenvalue weighted by Crippen LogP contribution is 2.36. The van der Waals surface area contributed by atoms with Crippen molar-refractivity contribution in [3.63, 3.8) is 0 Å². The number of carbonyl (C=O) groups is 1. The van der Waals surface area contributed by atoms with Gasteiger partial charge < -0.3 is 20.1 Å². The lowest BCUT2D eigenvalue weighted by Gasteiger charge is -2.14. The van der Waals surface area contributed by atoms with Crippen LogP contribution < -0.4 is 25.6 Å². The zero-order chi connectivity index (χ0) is 20.1. The van der Waals surface area contributed by atoms with Gasteiger partial charge in [-0.3, -0.25) is 10.0 Å². The highest BCUT2D eigenvalue weighted by molar-refractivity contribution is 5.96. The minimum atomic E-state index is -0.546. The molecule has 148 valence electrons. The first-order valence-electron chi connectivity index (χ1n) is 9.25. The minimum absolute atomic E-state index is 0.118. The monoisotopic (exact) mass is 391 g/mol. The number of nitrogens with one attached hydrogen (secondary N) is 3. The summed E-state index contributed by atoms with van der Waals surface area (Å²) in [6.45, 7) is 0.922. The molecule has 1 aliphatic rings. The van der Waals surface area contributed by atoms with Gasteiger partial charge >= 0.3 is 0 Å². The fourth-order valence-electron chi connectivity index (χ4n) is 3.10. The summed E-state index contributed by atoms with van der Waals surface area (Å²) in [7, 11) is 0. The van der Waals surface area contributed by atoms with E-state index in [1.54, 1.807) is 23.7 Å². The van der Waals surface area contributed by atoms with Crippen molar-refractivity contribution in [3.05, 3.63) is 83.9 Å². The smallest absolute Gasteiger partial charge is 0.274 e. The third-order valence-corrected chi connectivity index (χ3v) is 4.56. The Balaban J connectivity index is 1.30. The van der Waals surface area contributed by atoms with Gasteiger partial charge in [0.2, 0.25) is 0 Å². The van der Waals surface area contributed by atoms with E-state index in [9.17, 15) is 4.79 Å². The molecule has 1 heterocycles. The summed E-state index contributed by atoms with van der Waals surface area (Å²) in [6.07, 6.45) is -0.118. The van der Waals surface area contributed by atoms with Crippen molar-refractivity contribution in [1.29, 1.82) is 0 Å². The van der Waals surface area contributed by atoms with Crippen LogP contribution in [-0.2, 0) is 0 Å². The molecule has 0 aliphatic carbocycles. The first-order chi connectivity index (χ1) is 14.2. The summed E-state index contributed by atoms with van der Waals surface area (Å²) in [5, 5.41) is 15.5. The molecule has 7 nitrogen and oxygen atoms in total. The number of benzene rings is 3. The molecule has 1 amide bonds. The van der Waals surface area contributed by atoms with Gasteiger partial charge in [0.1, 0.15) is 30.9 Å². The van der Waals surface area contributed by atoms with Crippen LogP contribution in [0.15, 0.2) is 72.8 Å². The third-order valence-electron chi connectivity index (χ3n) is 4.56. The van der Waals surface area contributed by atoms with Gasteiger partial charge in [0, 0.05) is 5.56 Å². The van der Waals surface area contributed by atoms with E-state index in [-0.39, 0.29) is 6.17 Å². The van der Waals surface area contributed by atoms with Crippen LogP contribution in [0.2, 0.25) is 0 Å². The van der Waals surface area contributed by atoms with Gasteiger partial charge in [0.15, 0.2) is 0 Å². The maximum atomic E-state index is 11.6. The van der Waals surface area contributed by atoms with Gasteiger partial charge in [-0.15, -0.1) is 0 Å². The fourth-order valence-corrected chi connectivity index (χ4v) is 3.10. The average Bonchev–Trinajstić information content (AvgIpc) is 3.20. The van der Waals surface area contributed by atoms with Crippen molar-refractivity contribution in [3.8, 4) is 11.5 Å². The van der Waals surface area contributed by atoms with E-state index in [2.05, 4.69) is 10.6 Å². The summed E-state index contributed by atoms with van der Waals surface area (Å²) >= 11 is 0. The lowest BCUT2D eigenvalue weighted by molar-refractivity contribution is 0.0706. The van der Waals surface area contributed by atoms with E-state index >= 15 is 0 Å². The Bertz CT molecular complexity index is 977. The number of ether oxygens (including phenoxy) is 2. The average molecular weight is 391 g/mol. The van der Waals surface area contributed by atoms with Crippen LogP contribution in [-0.4, -0.2) is 24.3 Å². The Hall–Kier alpha value is -3.71. The molecule has 4 N–H and O–H groups in total. The Morgan fingerprint density at radius 1 is 0.862 bits per heavy atom. The molecule has 3 aromatic carbocycles.